The second-order valence-corrected chi connectivity index (χ2v) is 6.36. The van der Waals surface area contributed by atoms with E-state index < -0.39 is 11.6 Å². The van der Waals surface area contributed by atoms with Gasteiger partial charge in [-0.1, -0.05) is 11.6 Å². The van der Waals surface area contributed by atoms with Gasteiger partial charge < -0.3 is 9.84 Å². The van der Waals surface area contributed by atoms with Crippen LogP contribution >= 0.6 is 0 Å². The number of aryl methyl sites for hydroxylation is 1. The van der Waals surface area contributed by atoms with Crippen molar-refractivity contribution in [1.29, 1.82) is 0 Å². The number of hydrogen-bond acceptors (Lipinski definition) is 3. The fraction of sp³-hybridized carbons (Fsp3) is 0.500. The number of Topliss-reactive ketones (excluding diaryl/α,β-unsaturated/α-hetero) is 1. The number of ether oxygens (including phenoxy) is 1. The summed E-state index contributed by atoms with van der Waals surface area (Å²) in [7, 11) is 0. The molecule has 4 atom stereocenters. The SMILES string of the molecule is Cc1ccc2c(c1)C(=O)C[C@@]1(CC[C@H]3[C@@H](C(=O)O)[C@@H]31)O2. The summed E-state index contributed by atoms with van der Waals surface area (Å²) >= 11 is 0. The maximum Gasteiger partial charge on any atom is 0.307 e. The second kappa shape index (κ2) is 3.62. The molecule has 0 unspecified atom stereocenters. The minimum Gasteiger partial charge on any atom is -0.486 e. The Morgan fingerprint density at radius 3 is 2.95 bits per heavy atom. The molecule has 1 aromatic rings. The van der Waals surface area contributed by atoms with Crippen LogP contribution in [0.1, 0.15) is 35.2 Å². The smallest absolute Gasteiger partial charge is 0.307 e. The molecule has 1 spiro atoms. The Kier molecular flexibility index (Phi) is 2.16. The van der Waals surface area contributed by atoms with Crippen molar-refractivity contribution in [1.82, 2.24) is 0 Å². The lowest BCUT2D eigenvalue weighted by atomic mass is 9.84. The summed E-state index contributed by atoms with van der Waals surface area (Å²) in [6, 6.07) is 5.63. The predicted molar refractivity (Wildman–Crippen MR) is 70.8 cm³/mol. The molecule has 0 bridgehead atoms. The van der Waals surface area contributed by atoms with Crippen molar-refractivity contribution in [3.63, 3.8) is 0 Å². The molecule has 0 aromatic heterocycles. The second-order valence-electron chi connectivity index (χ2n) is 6.36. The van der Waals surface area contributed by atoms with Gasteiger partial charge in [0, 0.05) is 5.92 Å². The van der Waals surface area contributed by atoms with Gasteiger partial charge in [0.25, 0.3) is 0 Å². The average molecular weight is 272 g/mol. The molecule has 4 heteroatoms. The van der Waals surface area contributed by atoms with E-state index in [0.717, 1.165) is 18.4 Å². The standard InChI is InChI=1S/C16H16O4/c1-8-2-3-12-10(6-8)11(17)7-16(20-12)5-4-9-13(14(9)16)15(18)19/h2-3,6,9,13-14H,4-5,7H2,1H3,(H,18,19)/t9-,13+,14+,16+/m0/s1. The van der Waals surface area contributed by atoms with E-state index in [9.17, 15) is 14.7 Å². The van der Waals surface area contributed by atoms with Crippen LogP contribution in [-0.2, 0) is 4.79 Å². The molecule has 2 fully saturated rings. The monoisotopic (exact) mass is 272 g/mol. The highest BCUT2D eigenvalue weighted by Gasteiger charge is 2.70. The molecule has 2 saturated carbocycles. The lowest BCUT2D eigenvalue weighted by molar-refractivity contribution is -0.140. The number of fused-ring (bicyclic) bond motifs is 3. The van der Waals surface area contributed by atoms with Crippen molar-refractivity contribution in [3.05, 3.63) is 29.3 Å². The van der Waals surface area contributed by atoms with Crippen molar-refractivity contribution < 1.29 is 19.4 Å². The number of rotatable bonds is 1. The Balaban J connectivity index is 1.72. The zero-order valence-electron chi connectivity index (χ0n) is 11.3. The third kappa shape index (κ3) is 1.42. The molecule has 0 saturated heterocycles. The lowest BCUT2D eigenvalue weighted by Gasteiger charge is -2.37. The van der Waals surface area contributed by atoms with E-state index in [2.05, 4.69) is 0 Å². The lowest BCUT2D eigenvalue weighted by Crippen LogP contribution is -2.43. The number of ketones is 1. The van der Waals surface area contributed by atoms with Gasteiger partial charge in [-0.05, 0) is 37.8 Å². The molecule has 3 aliphatic rings. The minimum atomic E-state index is -0.746. The molecule has 1 N–H and O–H groups in total. The summed E-state index contributed by atoms with van der Waals surface area (Å²) in [6.45, 7) is 1.95. The normalized spacial score (nSPS) is 37.2. The van der Waals surface area contributed by atoms with Crippen LogP contribution in [0, 0.1) is 24.7 Å². The van der Waals surface area contributed by atoms with Gasteiger partial charge in [0.15, 0.2) is 5.78 Å². The van der Waals surface area contributed by atoms with Gasteiger partial charge in [0.2, 0.25) is 0 Å². The largest absolute Gasteiger partial charge is 0.486 e. The van der Waals surface area contributed by atoms with Crippen molar-refractivity contribution in [3.8, 4) is 5.75 Å². The molecule has 4 nitrogen and oxygen atoms in total. The number of aliphatic carboxylic acids is 1. The summed E-state index contributed by atoms with van der Waals surface area (Å²) in [5, 5.41) is 9.23. The summed E-state index contributed by atoms with van der Waals surface area (Å²) in [6.07, 6.45) is 1.98. The highest BCUT2D eigenvalue weighted by molar-refractivity contribution is 6.00. The zero-order valence-corrected chi connectivity index (χ0v) is 11.3. The van der Waals surface area contributed by atoms with Gasteiger partial charge in [-0.15, -0.1) is 0 Å². The number of carboxylic acid groups (broad SMARTS) is 1. The van der Waals surface area contributed by atoms with Crippen LogP contribution in [0.15, 0.2) is 18.2 Å². The number of carbonyl (C=O) groups is 2. The summed E-state index contributed by atoms with van der Waals surface area (Å²) in [5.74, 6) is -0.130. The highest BCUT2D eigenvalue weighted by atomic mass is 16.5. The first-order valence-electron chi connectivity index (χ1n) is 7.07. The number of benzene rings is 1. The van der Waals surface area contributed by atoms with Crippen LogP contribution in [0.5, 0.6) is 5.75 Å². The van der Waals surface area contributed by atoms with E-state index in [1.807, 2.05) is 25.1 Å². The maximum atomic E-state index is 12.4. The Labute approximate surface area is 116 Å². The fourth-order valence-corrected chi connectivity index (χ4v) is 4.26. The molecule has 1 aliphatic heterocycles. The topological polar surface area (TPSA) is 63.6 Å². The first-order valence-corrected chi connectivity index (χ1v) is 7.07. The Morgan fingerprint density at radius 1 is 1.45 bits per heavy atom. The summed E-state index contributed by atoms with van der Waals surface area (Å²) < 4.78 is 6.16. The van der Waals surface area contributed by atoms with Gasteiger partial charge >= 0.3 is 5.97 Å². The fourth-order valence-electron chi connectivity index (χ4n) is 4.26. The van der Waals surface area contributed by atoms with E-state index in [0.29, 0.717) is 17.7 Å². The molecular formula is C16H16O4. The van der Waals surface area contributed by atoms with Crippen LogP contribution in [0.3, 0.4) is 0 Å². The quantitative estimate of drug-likeness (QED) is 0.852. The molecule has 20 heavy (non-hydrogen) atoms. The van der Waals surface area contributed by atoms with Gasteiger partial charge in [0.1, 0.15) is 11.4 Å². The first-order chi connectivity index (χ1) is 9.52. The predicted octanol–water partition coefficient (Wildman–Crippen LogP) is 2.44. The molecule has 2 aliphatic carbocycles. The van der Waals surface area contributed by atoms with E-state index in [-0.39, 0.29) is 23.5 Å². The van der Waals surface area contributed by atoms with E-state index in [4.69, 9.17) is 4.74 Å². The number of hydrogen-bond donors (Lipinski definition) is 1. The van der Waals surface area contributed by atoms with Crippen LogP contribution in [-0.4, -0.2) is 22.5 Å². The molecule has 0 amide bonds. The highest BCUT2D eigenvalue weighted by Crippen LogP contribution is 2.65. The molecule has 1 aromatic carbocycles. The Morgan fingerprint density at radius 2 is 2.25 bits per heavy atom. The average Bonchev–Trinajstić information content (AvgIpc) is 3.05. The number of carboxylic acids is 1. The van der Waals surface area contributed by atoms with Crippen LogP contribution in [0.25, 0.3) is 0 Å². The summed E-state index contributed by atoms with van der Waals surface area (Å²) in [5.41, 5.74) is 1.12. The van der Waals surface area contributed by atoms with E-state index in [1.54, 1.807) is 0 Å². The Bertz CT molecular complexity index is 635. The molecule has 104 valence electrons. The van der Waals surface area contributed by atoms with Crippen molar-refractivity contribution in [2.75, 3.05) is 0 Å². The molecular weight excluding hydrogens is 256 g/mol. The van der Waals surface area contributed by atoms with Crippen LogP contribution in [0.4, 0.5) is 0 Å². The maximum absolute atomic E-state index is 12.4. The zero-order chi connectivity index (χ0) is 14.1. The van der Waals surface area contributed by atoms with Gasteiger partial charge in [0.05, 0.1) is 17.9 Å². The van der Waals surface area contributed by atoms with E-state index >= 15 is 0 Å². The van der Waals surface area contributed by atoms with Gasteiger partial charge in [-0.25, -0.2) is 0 Å². The van der Waals surface area contributed by atoms with Gasteiger partial charge in [-0.3, -0.25) is 9.59 Å². The van der Waals surface area contributed by atoms with Crippen molar-refractivity contribution >= 4 is 11.8 Å². The Hall–Kier alpha value is -1.84. The third-order valence-electron chi connectivity index (χ3n) is 5.17. The van der Waals surface area contributed by atoms with Gasteiger partial charge in [-0.2, -0.15) is 0 Å². The van der Waals surface area contributed by atoms with Crippen molar-refractivity contribution in [2.45, 2.75) is 31.8 Å². The first kappa shape index (κ1) is 11.9. The van der Waals surface area contributed by atoms with E-state index in [1.165, 1.54) is 0 Å². The molecule has 0 radical (unpaired) electrons. The molecule has 1 heterocycles. The van der Waals surface area contributed by atoms with Crippen LogP contribution < -0.4 is 4.74 Å². The summed E-state index contributed by atoms with van der Waals surface area (Å²) in [4.78, 5) is 23.6. The molecule has 4 rings (SSSR count). The third-order valence-corrected chi connectivity index (χ3v) is 5.17. The van der Waals surface area contributed by atoms with Crippen LogP contribution in [0.2, 0.25) is 0 Å². The van der Waals surface area contributed by atoms with Crippen molar-refractivity contribution in [2.24, 2.45) is 17.8 Å². The minimum absolute atomic E-state index is 0.0124. The number of carbonyl (C=O) groups excluding carboxylic acids is 1.